The van der Waals surface area contributed by atoms with Crippen molar-refractivity contribution < 1.29 is 4.52 Å². The van der Waals surface area contributed by atoms with Gasteiger partial charge in [-0.2, -0.15) is 4.98 Å². The van der Waals surface area contributed by atoms with Crippen LogP contribution < -0.4 is 11.5 Å². The number of hydrogen-bond acceptors (Lipinski definition) is 5. The Morgan fingerprint density at radius 1 is 0.926 bits per heavy atom. The molecule has 0 saturated carbocycles. The summed E-state index contributed by atoms with van der Waals surface area (Å²) in [6.07, 6.45) is 13.6. The van der Waals surface area contributed by atoms with Crippen LogP contribution in [0.25, 0.3) is 11.4 Å². The highest BCUT2D eigenvalue weighted by Crippen LogP contribution is 2.21. The van der Waals surface area contributed by atoms with Gasteiger partial charge in [0.15, 0.2) is 0 Å². The molecule has 2 aromatic rings. The van der Waals surface area contributed by atoms with E-state index in [1.165, 1.54) is 56.9 Å². The number of benzene rings is 1. The van der Waals surface area contributed by atoms with Gasteiger partial charge in [-0.15, -0.1) is 0 Å². The molecule has 0 fully saturated rings. The predicted molar refractivity (Wildman–Crippen MR) is 111 cm³/mol. The van der Waals surface area contributed by atoms with Gasteiger partial charge in [0.05, 0.1) is 6.04 Å². The Kier molecular flexibility index (Phi) is 10.1. The van der Waals surface area contributed by atoms with E-state index in [0.717, 1.165) is 24.8 Å². The number of nitrogens with zero attached hydrogens (tertiary/aromatic N) is 2. The first-order valence-corrected chi connectivity index (χ1v) is 10.6. The van der Waals surface area contributed by atoms with E-state index in [4.69, 9.17) is 16.0 Å². The SMILES string of the molecule is CCCCCCCCCCc1ccc(-c2noc([C@@H](N)CCCN)n2)cc1. The van der Waals surface area contributed by atoms with Crippen LogP contribution in [0, 0.1) is 0 Å². The number of rotatable bonds is 14. The van der Waals surface area contributed by atoms with E-state index in [1.807, 2.05) is 0 Å². The molecule has 1 heterocycles. The molecule has 1 aromatic carbocycles. The smallest absolute Gasteiger partial charge is 0.243 e. The minimum atomic E-state index is -0.240. The lowest BCUT2D eigenvalue weighted by Gasteiger charge is -2.04. The summed E-state index contributed by atoms with van der Waals surface area (Å²) in [5, 5.41) is 4.06. The molecule has 150 valence electrons. The molecule has 0 amide bonds. The first-order valence-electron chi connectivity index (χ1n) is 10.6. The molecule has 2 rings (SSSR count). The lowest BCUT2D eigenvalue weighted by atomic mass is 10.0. The molecule has 0 saturated heterocycles. The van der Waals surface area contributed by atoms with Crippen LogP contribution in [-0.4, -0.2) is 16.7 Å². The summed E-state index contributed by atoms with van der Waals surface area (Å²) in [6.45, 7) is 2.89. The maximum absolute atomic E-state index is 6.06. The van der Waals surface area contributed by atoms with Crippen LogP contribution in [0.15, 0.2) is 28.8 Å². The Labute approximate surface area is 163 Å². The number of aryl methyl sites for hydroxylation is 1. The van der Waals surface area contributed by atoms with Gasteiger partial charge in [-0.3, -0.25) is 0 Å². The third-order valence-electron chi connectivity index (χ3n) is 5.01. The number of nitrogens with two attached hydrogens (primary N) is 2. The van der Waals surface area contributed by atoms with Crippen molar-refractivity contribution in [3.05, 3.63) is 35.7 Å². The molecule has 0 spiro atoms. The summed E-state index contributed by atoms with van der Waals surface area (Å²) in [5.74, 6) is 1.09. The number of aromatic nitrogens is 2. The normalized spacial score (nSPS) is 12.4. The number of hydrogen-bond donors (Lipinski definition) is 2. The molecule has 1 atom stereocenters. The quantitative estimate of drug-likeness (QED) is 0.447. The highest BCUT2D eigenvalue weighted by molar-refractivity contribution is 5.54. The van der Waals surface area contributed by atoms with E-state index in [2.05, 4.69) is 41.3 Å². The fraction of sp³-hybridized carbons (Fsp3) is 0.636. The van der Waals surface area contributed by atoms with Crippen LogP contribution in [0.2, 0.25) is 0 Å². The molecule has 5 nitrogen and oxygen atoms in total. The van der Waals surface area contributed by atoms with Crippen molar-refractivity contribution in [1.82, 2.24) is 10.1 Å². The van der Waals surface area contributed by atoms with Gasteiger partial charge in [0.2, 0.25) is 11.7 Å². The molecule has 0 unspecified atom stereocenters. The van der Waals surface area contributed by atoms with E-state index in [0.29, 0.717) is 18.3 Å². The zero-order chi connectivity index (χ0) is 19.3. The van der Waals surface area contributed by atoms with Crippen molar-refractivity contribution >= 4 is 0 Å². The maximum Gasteiger partial charge on any atom is 0.243 e. The molecule has 0 aliphatic heterocycles. The maximum atomic E-state index is 6.06. The van der Waals surface area contributed by atoms with Crippen LogP contribution in [0.3, 0.4) is 0 Å². The standard InChI is InChI=1S/C22H36N4O/c1-2-3-4-5-6-7-8-9-11-18-13-15-19(16-14-18)21-25-22(27-26-21)20(24)12-10-17-23/h13-16,20H,2-12,17,23-24H2,1H3/t20-/m0/s1. The Balaban J connectivity index is 1.73. The molecule has 0 aliphatic carbocycles. The van der Waals surface area contributed by atoms with Gasteiger partial charge in [-0.05, 0) is 37.8 Å². The minimum absolute atomic E-state index is 0.240. The summed E-state index contributed by atoms with van der Waals surface area (Å²) < 4.78 is 5.31. The molecular weight excluding hydrogens is 336 g/mol. The van der Waals surface area contributed by atoms with Crippen LogP contribution in [0.5, 0.6) is 0 Å². The van der Waals surface area contributed by atoms with Crippen molar-refractivity contribution in [2.45, 2.75) is 83.6 Å². The number of unbranched alkanes of at least 4 members (excludes halogenated alkanes) is 7. The first-order chi connectivity index (χ1) is 13.2. The zero-order valence-corrected chi connectivity index (χ0v) is 16.8. The summed E-state index contributed by atoms with van der Waals surface area (Å²) in [4.78, 5) is 4.44. The van der Waals surface area contributed by atoms with Gasteiger partial charge < -0.3 is 16.0 Å². The average molecular weight is 373 g/mol. The minimum Gasteiger partial charge on any atom is -0.337 e. The summed E-state index contributed by atoms with van der Waals surface area (Å²) in [7, 11) is 0. The van der Waals surface area contributed by atoms with Crippen molar-refractivity contribution in [1.29, 1.82) is 0 Å². The van der Waals surface area contributed by atoms with Crippen LogP contribution >= 0.6 is 0 Å². The van der Waals surface area contributed by atoms with E-state index in [1.54, 1.807) is 0 Å². The van der Waals surface area contributed by atoms with E-state index < -0.39 is 0 Å². The van der Waals surface area contributed by atoms with Crippen molar-refractivity contribution in [2.75, 3.05) is 6.54 Å². The highest BCUT2D eigenvalue weighted by Gasteiger charge is 2.15. The average Bonchev–Trinajstić information content (AvgIpc) is 3.19. The molecule has 1 aromatic heterocycles. The van der Waals surface area contributed by atoms with Gasteiger partial charge in [-0.1, -0.05) is 81.3 Å². The third kappa shape index (κ3) is 7.81. The van der Waals surface area contributed by atoms with Gasteiger partial charge in [0.25, 0.3) is 0 Å². The van der Waals surface area contributed by atoms with Crippen LogP contribution in [-0.2, 0) is 6.42 Å². The lowest BCUT2D eigenvalue weighted by molar-refractivity contribution is 0.347. The molecule has 27 heavy (non-hydrogen) atoms. The van der Waals surface area contributed by atoms with E-state index >= 15 is 0 Å². The summed E-state index contributed by atoms with van der Waals surface area (Å²) in [5.41, 5.74) is 13.9. The van der Waals surface area contributed by atoms with Crippen molar-refractivity contribution in [2.24, 2.45) is 11.5 Å². The molecule has 5 heteroatoms. The monoisotopic (exact) mass is 372 g/mol. The van der Waals surface area contributed by atoms with E-state index in [-0.39, 0.29) is 6.04 Å². The topological polar surface area (TPSA) is 91.0 Å². The molecular formula is C22H36N4O. The largest absolute Gasteiger partial charge is 0.337 e. The second kappa shape index (κ2) is 12.6. The predicted octanol–water partition coefficient (Wildman–Crippen LogP) is 5.16. The van der Waals surface area contributed by atoms with Gasteiger partial charge in [0.1, 0.15) is 0 Å². The Morgan fingerprint density at radius 2 is 1.59 bits per heavy atom. The first kappa shape index (κ1) is 21.6. The third-order valence-corrected chi connectivity index (χ3v) is 5.01. The molecule has 0 bridgehead atoms. The van der Waals surface area contributed by atoms with Crippen LogP contribution in [0.1, 0.15) is 88.6 Å². The van der Waals surface area contributed by atoms with Gasteiger partial charge in [0, 0.05) is 5.56 Å². The molecule has 4 N–H and O–H groups in total. The van der Waals surface area contributed by atoms with Crippen molar-refractivity contribution in [3.63, 3.8) is 0 Å². The Bertz CT molecular complexity index is 623. The van der Waals surface area contributed by atoms with E-state index in [9.17, 15) is 0 Å². The Morgan fingerprint density at radius 3 is 2.26 bits per heavy atom. The van der Waals surface area contributed by atoms with Crippen molar-refractivity contribution in [3.8, 4) is 11.4 Å². The fourth-order valence-corrected chi connectivity index (χ4v) is 3.25. The van der Waals surface area contributed by atoms with Gasteiger partial charge >= 0.3 is 0 Å². The second-order valence-corrected chi connectivity index (χ2v) is 7.42. The van der Waals surface area contributed by atoms with Crippen LogP contribution in [0.4, 0.5) is 0 Å². The zero-order valence-electron chi connectivity index (χ0n) is 16.8. The summed E-state index contributed by atoms with van der Waals surface area (Å²) in [6, 6.07) is 8.23. The fourth-order valence-electron chi connectivity index (χ4n) is 3.25. The second-order valence-electron chi connectivity index (χ2n) is 7.42. The Hall–Kier alpha value is -1.72. The van der Waals surface area contributed by atoms with Gasteiger partial charge in [-0.25, -0.2) is 0 Å². The molecule has 0 aliphatic rings. The lowest BCUT2D eigenvalue weighted by Crippen LogP contribution is -2.12. The summed E-state index contributed by atoms with van der Waals surface area (Å²) >= 11 is 0. The highest BCUT2D eigenvalue weighted by atomic mass is 16.5. The molecule has 0 radical (unpaired) electrons.